The Morgan fingerprint density at radius 2 is 1.72 bits per heavy atom. The third-order valence-corrected chi connectivity index (χ3v) is 7.60. The molecule has 0 spiro atoms. The first-order chi connectivity index (χ1) is 19.2. The summed E-state index contributed by atoms with van der Waals surface area (Å²) in [5.74, 6) is 0.524. The van der Waals surface area contributed by atoms with E-state index in [4.69, 9.17) is 4.98 Å². The molecular weight excluding hydrogens is 484 g/mol. The highest BCUT2D eigenvalue weighted by atomic mass is 15.1. The van der Waals surface area contributed by atoms with Crippen LogP contribution in [0.1, 0.15) is 32.1 Å². The van der Waals surface area contributed by atoms with Gasteiger partial charge in [0.2, 0.25) is 0 Å². The Kier molecular flexibility index (Phi) is 5.85. The van der Waals surface area contributed by atoms with Crippen molar-refractivity contribution in [3.63, 3.8) is 0 Å². The standard InChI is InChI=1S/C31H28N8/c1-19(20-5-3-2-4-6-20)35-23-15-22(17-33-18-23)25-7-8-27-30(37-25)31(39-38-27)28-16-24-26(36-28)11-14-34-29(24)21-9-12-32-13-10-21/h7-18,20,35-36H,1-6H2,(H,38,39). The second kappa shape index (κ2) is 9.79. The van der Waals surface area contributed by atoms with Gasteiger partial charge in [-0.25, -0.2) is 4.98 Å². The van der Waals surface area contributed by atoms with Gasteiger partial charge in [-0.1, -0.05) is 25.8 Å². The lowest BCUT2D eigenvalue weighted by molar-refractivity contribution is 0.405. The topological polar surface area (TPSA) is 108 Å². The summed E-state index contributed by atoms with van der Waals surface area (Å²) in [7, 11) is 0. The molecule has 0 amide bonds. The number of nitrogens with zero attached hydrogens (tertiary/aromatic N) is 5. The largest absolute Gasteiger partial charge is 0.358 e. The lowest BCUT2D eigenvalue weighted by atomic mass is 9.87. The molecule has 6 heterocycles. The third kappa shape index (κ3) is 4.44. The monoisotopic (exact) mass is 512 g/mol. The highest BCUT2D eigenvalue weighted by molar-refractivity contribution is 5.99. The smallest absolute Gasteiger partial charge is 0.135 e. The first-order valence-electron chi connectivity index (χ1n) is 13.4. The highest BCUT2D eigenvalue weighted by Gasteiger charge is 2.18. The van der Waals surface area contributed by atoms with E-state index >= 15 is 0 Å². The Hall–Kier alpha value is -4.85. The maximum Gasteiger partial charge on any atom is 0.135 e. The van der Waals surface area contributed by atoms with Crippen LogP contribution in [0.2, 0.25) is 0 Å². The molecule has 39 heavy (non-hydrogen) atoms. The van der Waals surface area contributed by atoms with Gasteiger partial charge < -0.3 is 10.3 Å². The normalized spacial score (nSPS) is 14.2. The van der Waals surface area contributed by atoms with Crippen LogP contribution in [0.25, 0.3) is 55.8 Å². The molecule has 8 heteroatoms. The number of fused-ring (bicyclic) bond motifs is 2. The van der Waals surface area contributed by atoms with Crippen LogP contribution >= 0.6 is 0 Å². The van der Waals surface area contributed by atoms with Gasteiger partial charge in [0.05, 0.1) is 34.5 Å². The third-order valence-electron chi connectivity index (χ3n) is 7.60. The summed E-state index contributed by atoms with van der Waals surface area (Å²) in [4.78, 5) is 21.8. The van der Waals surface area contributed by atoms with E-state index in [1.54, 1.807) is 12.4 Å². The fraction of sp³-hybridized carbons (Fsp3) is 0.194. The number of aromatic amines is 2. The van der Waals surface area contributed by atoms with Crippen molar-refractivity contribution in [1.82, 2.24) is 35.1 Å². The van der Waals surface area contributed by atoms with Gasteiger partial charge in [-0.3, -0.25) is 20.1 Å². The van der Waals surface area contributed by atoms with Gasteiger partial charge in [-0.2, -0.15) is 5.10 Å². The van der Waals surface area contributed by atoms with E-state index in [0.29, 0.717) is 5.92 Å². The minimum absolute atomic E-state index is 0.524. The summed E-state index contributed by atoms with van der Waals surface area (Å²) in [6.45, 7) is 4.32. The van der Waals surface area contributed by atoms with Gasteiger partial charge >= 0.3 is 0 Å². The van der Waals surface area contributed by atoms with Gasteiger partial charge in [-0.05, 0) is 61.2 Å². The van der Waals surface area contributed by atoms with E-state index in [9.17, 15) is 0 Å². The zero-order valence-electron chi connectivity index (χ0n) is 21.5. The Morgan fingerprint density at radius 3 is 2.59 bits per heavy atom. The lowest BCUT2D eigenvalue weighted by Crippen LogP contribution is -2.14. The molecule has 7 rings (SSSR count). The second-order valence-electron chi connectivity index (χ2n) is 10.2. The Morgan fingerprint density at radius 1 is 0.846 bits per heavy atom. The molecule has 3 N–H and O–H groups in total. The van der Waals surface area contributed by atoms with E-state index < -0.39 is 0 Å². The van der Waals surface area contributed by atoms with Crippen molar-refractivity contribution in [2.75, 3.05) is 5.32 Å². The number of rotatable bonds is 6. The van der Waals surface area contributed by atoms with E-state index in [0.717, 1.165) is 67.2 Å². The van der Waals surface area contributed by atoms with Crippen LogP contribution in [0.15, 0.2) is 85.7 Å². The van der Waals surface area contributed by atoms with Crippen LogP contribution in [0.3, 0.4) is 0 Å². The van der Waals surface area contributed by atoms with Gasteiger partial charge in [0.1, 0.15) is 11.2 Å². The van der Waals surface area contributed by atoms with Crippen LogP contribution in [0.4, 0.5) is 5.69 Å². The van der Waals surface area contributed by atoms with Crippen molar-refractivity contribution in [1.29, 1.82) is 0 Å². The summed E-state index contributed by atoms with van der Waals surface area (Å²) in [5, 5.41) is 12.3. The maximum atomic E-state index is 5.01. The molecular formula is C31H28N8. The summed E-state index contributed by atoms with van der Waals surface area (Å²) >= 11 is 0. The first kappa shape index (κ1) is 23.3. The summed E-state index contributed by atoms with van der Waals surface area (Å²) in [5.41, 5.74) is 9.98. The molecule has 8 nitrogen and oxygen atoms in total. The van der Waals surface area contributed by atoms with Crippen molar-refractivity contribution < 1.29 is 0 Å². The SMILES string of the molecule is C=C(Nc1cncc(-c2ccc3[nH]nc(-c4cc5c(-c6ccncc6)nccc5[nH]4)c3n2)c1)C1CCCCC1. The van der Waals surface area contributed by atoms with Crippen molar-refractivity contribution in [3.8, 4) is 33.9 Å². The fourth-order valence-corrected chi connectivity index (χ4v) is 5.56. The van der Waals surface area contributed by atoms with Crippen LogP contribution in [0.5, 0.6) is 0 Å². The summed E-state index contributed by atoms with van der Waals surface area (Å²) in [6, 6.07) is 14.1. The first-order valence-corrected chi connectivity index (χ1v) is 13.4. The Labute approximate surface area is 225 Å². The van der Waals surface area contributed by atoms with E-state index in [-0.39, 0.29) is 0 Å². The minimum atomic E-state index is 0.524. The molecule has 0 atom stereocenters. The molecule has 0 aromatic carbocycles. The molecule has 0 unspecified atom stereocenters. The quantitative estimate of drug-likeness (QED) is 0.219. The Bertz CT molecular complexity index is 1790. The van der Waals surface area contributed by atoms with Gasteiger partial charge in [0.15, 0.2) is 0 Å². The number of anilines is 1. The molecule has 1 aliphatic rings. The van der Waals surface area contributed by atoms with Crippen LogP contribution in [-0.4, -0.2) is 35.1 Å². The number of pyridine rings is 4. The second-order valence-corrected chi connectivity index (χ2v) is 10.2. The zero-order valence-corrected chi connectivity index (χ0v) is 21.5. The van der Waals surface area contributed by atoms with Crippen molar-refractivity contribution in [3.05, 3.63) is 85.7 Å². The number of H-pyrrole nitrogens is 2. The average molecular weight is 513 g/mol. The molecule has 1 saturated carbocycles. The molecule has 0 bridgehead atoms. The molecule has 1 fully saturated rings. The molecule has 1 aliphatic carbocycles. The van der Waals surface area contributed by atoms with Gasteiger partial charge in [-0.15, -0.1) is 0 Å². The number of hydrogen-bond donors (Lipinski definition) is 3. The van der Waals surface area contributed by atoms with Crippen LogP contribution < -0.4 is 5.32 Å². The van der Waals surface area contributed by atoms with Crippen molar-refractivity contribution >= 4 is 27.6 Å². The maximum absolute atomic E-state index is 5.01. The van der Waals surface area contributed by atoms with Crippen molar-refractivity contribution in [2.24, 2.45) is 5.92 Å². The minimum Gasteiger partial charge on any atom is -0.358 e. The van der Waals surface area contributed by atoms with Gasteiger partial charge in [0.25, 0.3) is 0 Å². The molecule has 0 saturated heterocycles. The van der Waals surface area contributed by atoms with Crippen molar-refractivity contribution in [2.45, 2.75) is 32.1 Å². The number of aromatic nitrogens is 7. The average Bonchev–Trinajstić information content (AvgIpc) is 3.62. The summed E-state index contributed by atoms with van der Waals surface area (Å²) < 4.78 is 0. The molecule has 0 aliphatic heterocycles. The van der Waals surface area contributed by atoms with Crippen LogP contribution in [0, 0.1) is 5.92 Å². The zero-order chi connectivity index (χ0) is 26.2. The molecule has 192 valence electrons. The highest BCUT2D eigenvalue weighted by Crippen LogP contribution is 2.34. The number of nitrogens with one attached hydrogen (secondary N) is 3. The predicted molar refractivity (Wildman–Crippen MR) is 155 cm³/mol. The number of hydrogen-bond acceptors (Lipinski definition) is 6. The molecule has 6 aromatic rings. The van der Waals surface area contributed by atoms with Gasteiger partial charge in [0, 0.05) is 52.5 Å². The predicted octanol–water partition coefficient (Wildman–Crippen LogP) is 7.13. The number of allylic oxidation sites excluding steroid dienone is 1. The lowest BCUT2D eigenvalue weighted by Gasteiger charge is -2.24. The van der Waals surface area contributed by atoms with E-state index in [1.165, 1.54) is 32.1 Å². The Balaban J connectivity index is 1.23. The molecule has 6 aromatic heterocycles. The summed E-state index contributed by atoms with van der Waals surface area (Å²) in [6.07, 6.45) is 15.3. The van der Waals surface area contributed by atoms with Crippen LogP contribution in [-0.2, 0) is 0 Å². The van der Waals surface area contributed by atoms with E-state index in [1.807, 2.05) is 48.9 Å². The fourth-order valence-electron chi connectivity index (χ4n) is 5.56. The van der Waals surface area contributed by atoms with E-state index in [2.05, 4.69) is 54.2 Å². The molecule has 0 radical (unpaired) electrons.